The monoisotopic (exact) mass is 227 g/mol. The van der Waals surface area contributed by atoms with Crippen LogP contribution in [0.5, 0.6) is 0 Å². The summed E-state index contributed by atoms with van der Waals surface area (Å²) in [6.45, 7) is 10.7. The molecule has 1 heterocycles. The number of rotatable bonds is 6. The largest absolute Gasteiger partial charge is 0.319 e. The van der Waals surface area contributed by atoms with Gasteiger partial charge in [-0.2, -0.15) is 0 Å². The van der Waals surface area contributed by atoms with Gasteiger partial charge in [-0.15, -0.1) is 0 Å². The second-order valence-electron chi connectivity index (χ2n) is 5.27. The van der Waals surface area contributed by atoms with Crippen molar-refractivity contribution >= 4 is 0 Å². The van der Waals surface area contributed by atoms with Gasteiger partial charge >= 0.3 is 0 Å². The second kappa shape index (κ2) is 7.25. The highest BCUT2D eigenvalue weighted by atomic mass is 15.2. The predicted molar refractivity (Wildman–Crippen MR) is 70.9 cm³/mol. The summed E-state index contributed by atoms with van der Waals surface area (Å²) in [5.41, 5.74) is 0. The third-order valence-corrected chi connectivity index (χ3v) is 3.78. The van der Waals surface area contributed by atoms with E-state index in [0.717, 1.165) is 18.5 Å². The van der Waals surface area contributed by atoms with Crippen LogP contribution >= 0.6 is 0 Å². The van der Waals surface area contributed by atoms with Crippen LogP contribution in [0.25, 0.3) is 0 Å². The Morgan fingerprint density at radius 3 is 2.50 bits per heavy atom. The second-order valence-corrected chi connectivity index (χ2v) is 5.27. The van der Waals surface area contributed by atoms with E-state index in [1.807, 2.05) is 7.05 Å². The molecule has 0 spiro atoms. The van der Waals surface area contributed by atoms with Gasteiger partial charge in [0.25, 0.3) is 0 Å². The van der Waals surface area contributed by atoms with Crippen molar-refractivity contribution < 1.29 is 0 Å². The highest BCUT2D eigenvalue weighted by Crippen LogP contribution is 2.15. The molecular weight excluding hydrogens is 198 g/mol. The average Bonchev–Trinajstić information content (AvgIpc) is 2.29. The number of hydrogen-bond acceptors (Lipinski definition) is 3. The van der Waals surface area contributed by atoms with Gasteiger partial charge in [0.1, 0.15) is 0 Å². The van der Waals surface area contributed by atoms with E-state index < -0.39 is 0 Å². The lowest BCUT2D eigenvalue weighted by Gasteiger charge is -2.37. The van der Waals surface area contributed by atoms with Crippen LogP contribution < -0.4 is 5.32 Å². The maximum absolute atomic E-state index is 3.26. The smallest absolute Gasteiger partial charge is 0.0117 e. The van der Waals surface area contributed by atoms with Gasteiger partial charge in [-0.1, -0.05) is 13.8 Å². The Hall–Kier alpha value is -0.120. The third-order valence-electron chi connectivity index (χ3n) is 3.78. The Morgan fingerprint density at radius 1 is 1.38 bits per heavy atom. The molecule has 1 unspecified atom stereocenters. The molecule has 1 atom stereocenters. The van der Waals surface area contributed by atoms with Crippen molar-refractivity contribution in [3.05, 3.63) is 0 Å². The van der Waals surface area contributed by atoms with Gasteiger partial charge in [0.15, 0.2) is 0 Å². The van der Waals surface area contributed by atoms with Crippen LogP contribution in [0.4, 0.5) is 0 Å². The molecule has 0 aromatic carbocycles. The number of nitrogens with one attached hydrogen (secondary N) is 1. The van der Waals surface area contributed by atoms with E-state index in [4.69, 9.17) is 0 Å². The van der Waals surface area contributed by atoms with E-state index in [1.165, 1.54) is 39.0 Å². The lowest BCUT2D eigenvalue weighted by atomic mass is 10.0. The molecule has 1 saturated heterocycles. The van der Waals surface area contributed by atoms with E-state index >= 15 is 0 Å². The molecule has 1 rings (SSSR count). The summed E-state index contributed by atoms with van der Waals surface area (Å²) in [6.07, 6.45) is 2.69. The van der Waals surface area contributed by atoms with Crippen LogP contribution in [-0.4, -0.2) is 62.7 Å². The Kier molecular flexibility index (Phi) is 6.32. The molecule has 1 N–H and O–H groups in total. The minimum Gasteiger partial charge on any atom is -0.319 e. The van der Waals surface area contributed by atoms with Crippen molar-refractivity contribution in [3.8, 4) is 0 Å². The summed E-state index contributed by atoms with van der Waals surface area (Å²) in [6, 6.07) is 0.808. The zero-order valence-electron chi connectivity index (χ0n) is 11.5. The van der Waals surface area contributed by atoms with Crippen LogP contribution in [0, 0.1) is 5.92 Å². The fraction of sp³-hybridized carbons (Fsp3) is 1.00. The first kappa shape index (κ1) is 13.9. The Balaban J connectivity index is 2.24. The van der Waals surface area contributed by atoms with Gasteiger partial charge in [-0.05, 0) is 59.0 Å². The van der Waals surface area contributed by atoms with Crippen LogP contribution in [0.15, 0.2) is 0 Å². The maximum atomic E-state index is 3.26. The molecule has 0 bridgehead atoms. The molecule has 1 fully saturated rings. The van der Waals surface area contributed by atoms with Crippen LogP contribution in [-0.2, 0) is 0 Å². The summed E-state index contributed by atoms with van der Waals surface area (Å²) in [7, 11) is 4.33. The first-order valence-electron chi connectivity index (χ1n) is 6.74. The fourth-order valence-electron chi connectivity index (χ4n) is 2.73. The molecule has 1 aliphatic rings. The van der Waals surface area contributed by atoms with E-state index in [2.05, 4.69) is 36.0 Å². The molecule has 16 heavy (non-hydrogen) atoms. The zero-order valence-corrected chi connectivity index (χ0v) is 11.5. The summed E-state index contributed by atoms with van der Waals surface area (Å²) < 4.78 is 0. The van der Waals surface area contributed by atoms with Crippen molar-refractivity contribution in [2.45, 2.75) is 32.7 Å². The minimum absolute atomic E-state index is 0.749. The highest BCUT2D eigenvalue weighted by Gasteiger charge is 2.22. The van der Waals surface area contributed by atoms with Crippen molar-refractivity contribution in [2.24, 2.45) is 5.92 Å². The van der Waals surface area contributed by atoms with Crippen molar-refractivity contribution in [3.63, 3.8) is 0 Å². The number of likely N-dealkylation sites (tertiary alicyclic amines) is 1. The van der Waals surface area contributed by atoms with Crippen LogP contribution in [0.1, 0.15) is 26.7 Å². The van der Waals surface area contributed by atoms with Crippen molar-refractivity contribution in [1.82, 2.24) is 15.1 Å². The van der Waals surface area contributed by atoms with Gasteiger partial charge in [0.2, 0.25) is 0 Å². The van der Waals surface area contributed by atoms with E-state index in [0.29, 0.717) is 0 Å². The first-order valence-corrected chi connectivity index (χ1v) is 6.74. The average molecular weight is 227 g/mol. The molecular formula is C13H29N3. The molecule has 3 heteroatoms. The highest BCUT2D eigenvalue weighted by molar-refractivity contribution is 4.78. The predicted octanol–water partition coefficient (Wildman–Crippen LogP) is 1.26. The fourth-order valence-corrected chi connectivity index (χ4v) is 2.73. The van der Waals surface area contributed by atoms with Gasteiger partial charge in [-0.3, -0.25) is 0 Å². The number of piperidine rings is 1. The topological polar surface area (TPSA) is 18.5 Å². The molecule has 0 aromatic heterocycles. The lowest BCUT2D eigenvalue weighted by molar-refractivity contribution is 0.120. The van der Waals surface area contributed by atoms with Gasteiger partial charge < -0.3 is 15.1 Å². The Morgan fingerprint density at radius 2 is 2.00 bits per heavy atom. The molecule has 0 saturated carbocycles. The molecule has 3 nitrogen and oxygen atoms in total. The quantitative estimate of drug-likeness (QED) is 0.737. The molecule has 0 aromatic rings. The van der Waals surface area contributed by atoms with E-state index in [-0.39, 0.29) is 0 Å². The van der Waals surface area contributed by atoms with Crippen molar-refractivity contribution in [2.75, 3.05) is 46.8 Å². The minimum atomic E-state index is 0.749. The SMILES string of the molecule is CCN1CCC(N(C)CC(C)CNC)CC1. The van der Waals surface area contributed by atoms with E-state index in [9.17, 15) is 0 Å². The molecule has 1 aliphatic heterocycles. The number of hydrogen-bond donors (Lipinski definition) is 1. The molecule has 0 aliphatic carbocycles. The number of nitrogens with zero attached hydrogens (tertiary/aromatic N) is 2. The zero-order chi connectivity index (χ0) is 12.0. The Bertz CT molecular complexity index is 176. The normalized spacial score (nSPS) is 21.6. The first-order chi connectivity index (χ1) is 7.67. The maximum Gasteiger partial charge on any atom is 0.0117 e. The van der Waals surface area contributed by atoms with Gasteiger partial charge in [-0.25, -0.2) is 0 Å². The summed E-state index contributed by atoms with van der Waals surface area (Å²) in [5.74, 6) is 0.749. The Labute approximate surface area is 101 Å². The summed E-state index contributed by atoms with van der Waals surface area (Å²) in [5, 5.41) is 3.26. The van der Waals surface area contributed by atoms with Gasteiger partial charge in [0, 0.05) is 12.6 Å². The van der Waals surface area contributed by atoms with Gasteiger partial charge in [0.05, 0.1) is 0 Å². The van der Waals surface area contributed by atoms with E-state index in [1.54, 1.807) is 0 Å². The van der Waals surface area contributed by atoms with Crippen molar-refractivity contribution in [1.29, 1.82) is 0 Å². The summed E-state index contributed by atoms with van der Waals surface area (Å²) in [4.78, 5) is 5.12. The standard InChI is InChI=1S/C13H29N3/c1-5-16-8-6-13(7-9-16)15(4)11-12(2)10-14-3/h12-14H,5-11H2,1-4H3. The molecule has 0 amide bonds. The van der Waals surface area contributed by atoms with Crippen LogP contribution in [0.3, 0.4) is 0 Å². The molecule has 0 radical (unpaired) electrons. The lowest BCUT2D eigenvalue weighted by Crippen LogP contribution is -2.45. The molecule has 96 valence electrons. The van der Waals surface area contributed by atoms with Crippen LogP contribution in [0.2, 0.25) is 0 Å². The third kappa shape index (κ3) is 4.40. The summed E-state index contributed by atoms with van der Waals surface area (Å²) >= 11 is 0.